The first kappa shape index (κ1) is 28.7. The monoisotopic (exact) mass is 562 g/mol. The van der Waals surface area contributed by atoms with Crippen LogP contribution in [0.1, 0.15) is 49.4 Å². The number of nitrogens with zero attached hydrogens (tertiary/aromatic N) is 2. The Hall–Kier alpha value is -3.35. The number of carboxylic acid groups (broad SMARTS) is 1. The molecular formula is C29H27ClF4N2O3. The maximum atomic E-state index is 15.7. The van der Waals surface area contributed by atoms with E-state index in [0.29, 0.717) is 60.6 Å². The number of hydrogen-bond donors (Lipinski definition) is 1. The second kappa shape index (κ2) is 12.2. The molecule has 1 fully saturated rings. The van der Waals surface area contributed by atoms with E-state index in [2.05, 4.69) is 16.8 Å². The molecule has 4 rings (SSSR count). The normalized spacial score (nSPS) is 15.9. The third-order valence-corrected chi connectivity index (χ3v) is 7.57. The average Bonchev–Trinajstić information content (AvgIpc) is 2.90. The second-order valence-electron chi connectivity index (χ2n) is 9.81. The number of pyridine rings is 1. The summed E-state index contributed by atoms with van der Waals surface area (Å²) in [6.07, 6.45) is 1.27. The number of ether oxygens (including phenoxy) is 1. The van der Waals surface area contributed by atoms with Crippen molar-refractivity contribution in [2.24, 2.45) is 5.41 Å². The highest BCUT2D eigenvalue weighted by atomic mass is 35.5. The number of aromatic nitrogens is 1. The molecule has 2 heterocycles. The van der Waals surface area contributed by atoms with Crippen LogP contribution in [0.2, 0.25) is 5.02 Å². The van der Waals surface area contributed by atoms with Crippen molar-refractivity contribution in [2.75, 3.05) is 26.7 Å². The van der Waals surface area contributed by atoms with Crippen molar-refractivity contribution in [3.05, 3.63) is 70.1 Å². The molecule has 1 saturated heterocycles. The van der Waals surface area contributed by atoms with E-state index in [1.54, 1.807) is 18.2 Å². The van der Waals surface area contributed by atoms with Crippen LogP contribution in [0.4, 0.5) is 17.6 Å². The Morgan fingerprint density at radius 2 is 1.97 bits per heavy atom. The lowest BCUT2D eigenvalue weighted by Gasteiger charge is -2.41. The quantitative estimate of drug-likeness (QED) is 0.188. The Kier molecular flexibility index (Phi) is 8.98. The zero-order chi connectivity index (χ0) is 28.2. The Labute approximate surface area is 228 Å². The number of aliphatic carboxylic acids is 1. The van der Waals surface area contributed by atoms with Crippen molar-refractivity contribution in [2.45, 2.75) is 38.3 Å². The molecule has 0 saturated carbocycles. The lowest BCUT2D eigenvalue weighted by atomic mass is 9.71. The number of benzene rings is 2. The predicted molar refractivity (Wildman–Crippen MR) is 140 cm³/mol. The number of hydrogen-bond acceptors (Lipinski definition) is 4. The number of halogens is 5. The largest absolute Gasteiger partial charge is 0.497 e. The number of fused-ring (bicyclic) bond motifs is 1. The number of methoxy groups -OCH3 is 1. The number of alkyl halides is 1. The van der Waals surface area contributed by atoms with Gasteiger partial charge in [0.2, 0.25) is 0 Å². The highest BCUT2D eigenvalue weighted by Crippen LogP contribution is 2.44. The van der Waals surface area contributed by atoms with Crippen LogP contribution in [0.25, 0.3) is 10.9 Å². The van der Waals surface area contributed by atoms with E-state index in [1.807, 2.05) is 4.90 Å². The van der Waals surface area contributed by atoms with Crippen LogP contribution in [0.5, 0.6) is 5.75 Å². The molecule has 1 aliphatic rings. The molecule has 1 aromatic heterocycles. The minimum Gasteiger partial charge on any atom is -0.497 e. The van der Waals surface area contributed by atoms with Crippen molar-refractivity contribution >= 4 is 28.5 Å². The first-order valence-corrected chi connectivity index (χ1v) is 12.8. The number of rotatable bonds is 8. The molecule has 3 aromatic rings. The molecule has 5 nitrogen and oxygen atoms in total. The lowest BCUT2D eigenvalue weighted by Crippen LogP contribution is -2.41. The molecule has 0 amide bonds. The molecule has 0 spiro atoms. The van der Waals surface area contributed by atoms with Crippen LogP contribution in [0, 0.1) is 34.7 Å². The van der Waals surface area contributed by atoms with Gasteiger partial charge in [-0.1, -0.05) is 23.4 Å². The first-order valence-electron chi connectivity index (χ1n) is 12.4. The fourth-order valence-electron chi connectivity index (χ4n) is 5.11. The smallest absolute Gasteiger partial charge is 0.303 e. The minimum atomic E-state index is -1.44. The van der Waals surface area contributed by atoms with E-state index < -0.39 is 35.0 Å². The molecule has 0 aliphatic carbocycles. The van der Waals surface area contributed by atoms with E-state index in [-0.39, 0.29) is 30.0 Å². The zero-order valence-electron chi connectivity index (χ0n) is 21.2. The van der Waals surface area contributed by atoms with Crippen molar-refractivity contribution in [1.29, 1.82) is 0 Å². The van der Waals surface area contributed by atoms with E-state index >= 15 is 4.39 Å². The molecule has 0 bridgehead atoms. The SMILES string of the molecule is COc1ccc2ncc(Cl)c([C@@H](F)CCC3(CC(=O)O)CCN(CC#Cc4cc(F)cc(F)c4F)CC3)c2c1. The van der Waals surface area contributed by atoms with Gasteiger partial charge in [-0.15, -0.1) is 0 Å². The Bertz CT molecular complexity index is 1430. The lowest BCUT2D eigenvalue weighted by molar-refractivity contribution is -0.141. The van der Waals surface area contributed by atoms with Crippen LogP contribution in [0.15, 0.2) is 36.5 Å². The van der Waals surface area contributed by atoms with Crippen LogP contribution >= 0.6 is 11.6 Å². The van der Waals surface area contributed by atoms with Gasteiger partial charge in [-0.2, -0.15) is 0 Å². The van der Waals surface area contributed by atoms with Gasteiger partial charge in [0.25, 0.3) is 0 Å². The summed E-state index contributed by atoms with van der Waals surface area (Å²) >= 11 is 6.35. The van der Waals surface area contributed by atoms with Gasteiger partial charge in [0.05, 0.1) is 36.2 Å². The zero-order valence-corrected chi connectivity index (χ0v) is 22.0. The Morgan fingerprint density at radius 1 is 1.23 bits per heavy atom. The molecule has 0 radical (unpaired) electrons. The minimum absolute atomic E-state index is 0.0769. The van der Waals surface area contributed by atoms with Crippen molar-refractivity contribution in [1.82, 2.24) is 9.88 Å². The number of piperidine rings is 1. The molecule has 0 unspecified atom stereocenters. The van der Waals surface area contributed by atoms with Crippen LogP contribution in [-0.2, 0) is 4.79 Å². The van der Waals surface area contributed by atoms with Crippen molar-refractivity contribution in [3.8, 4) is 17.6 Å². The number of carboxylic acids is 1. The molecule has 10 heteroatoms. The predicted octanol–water partition coefficient (Wildman–Crippen LogP) is 6.71. The maximum absolute atomic E-state index is 15.7. The summed E-state index contributed by atoms with van der Waals surface area (Å²) in [7, 11) is 1.51. The molecule has 2 aromatic carbocycles. The fraction of sp³-hybridized carbons (Fsp3) is 0.379. The van der Waals surface area contributed by atoms with Crippen molar-refractivity contribution < 1.29 is 32.2 Å². The van der Waals surface area contributed by atoms with Crippen LogP contribution < -0.4 is 4.74 Å². The Balaban J connectivity index is 1.44. The third kappa shape index (κ3) is 6.81. The fourth-order valence-corrected chi connectivity index (χ4v) is 5.37. The molecular weight excluding hydrogens is 536 g/mol. The van der Waals surface area contributed by atoms with Gasteiger partial charge >= 0.3 is 5.97 Å². The van der Waals surface area contributed by atoms with Gasteiger partial charge in [-0.25, -0.2) is 17.6 Å². The molecule has 39 heavy (non-hydrogen) atoms. The summed E-state index contributed by atoms with van der Waals surface area (Å²) in [4.78, 5) is 17.9. The van der Waals surface area contributed by atoms with Gasteiger partial charge < -0.3 is 9.84 Å². The van der Waals surface area contributed by atoms with Gasteiger partial charge in [0.1, 0.15) is 17.7 Å². The van der Waals surface area contributed by atoms with Gasteiger partial charge in [0.15, 0.2) is 11.6 Å². The van der Waals surface area contributed by atoms with E-state index in [0.717, 1.165) is 6.07 Å². The van der Waals surface area contributed by atoms with Gasteiger partial charge in [-0.3, -0.25) is 14.7 Å². The second-order valence-corrected chi connectivity index (χ2v) is 10.2. The summed E-state index contributed by atoms with van der Waals surface area (Å²) in [6.45, 7) is 1.21. The summed E-state index contributed by atoms with van der Waals surface area (Å²) in [5, 5.41) is 10.3. The topological polar surface area (TPSA) is 62.7 Å². The number of likely N-dealkylation sites (tertiary alicyclic amines) is 1. The van der Waals surface area contributed by atoms with E-state index in [4.69, 9.17) is 16.3 Å². The van der Waals surface area contributed by atoms with E-state index in [9.17, 15) is 23.1 Å². The summed E-state index contributed by atoms with van der Waals surface area (Å²) < 4.78 is 61.6. The average molecular weight is 563 g/mol. The van der Waals surface area contributed by atoms with Crippen LogP contribution in [-0.4, -0.2) is 47.7 Å². The highest BCUT2D eigenvalue weighted by Gasteiger charge is 2.37. The molecule has 1 N–H and O–H groups in total. The maximum Gasteiger partial charge on any atom is 0.303 e. The summed E-state index contributed by atoms with van der Waals surface area (Å²) in [6, 6.07) is 6.43. The highest BCUT2D eigenvalue weighted by molar-refractivity contribution is 6.32. The third-order valence-electron chi connectivity index (χ3n) is 7.27. The number of carbonyl (C=O) groups is 1. The molecule has 1 atom stereocenters. The standard InChI is InChI=1S/C29H27ClF4N2O3/c1-39-20-4-5-25-21(15-20)27(22(30)17-35-25)23(32)6-7-29(16-26(37)38)8-11-36(12-9-29)10-2-3-18-13-19(31)14-24(33)28(18)34/h4-5,13-15,17,23H,6-12,16H2,1H3,(H,37,38)/t23-/m0/s1. The molecule has 1 aliphatic heterocycles. The first-order chi connectivity index (χ1) is 18.6. The van der Waals surface area contributed by atoms with Gasteiger partial charge in [0, 0.05) is 23.2 Å². The van der Waals surface area contributed by atoms with Crippen molar-refractivity contribution in [3.63, 3.8) is 0 Å². The Morgan fingerprint density at radius 3 is 2.67 bits per heavy atom. The summed E-state index contributed by atoms with van der Waals surface area (Å²) in [5.41, 5.74) is -0.1000. The van der Waals surface area contributed by atoms with Crippen LogP contribution in [0.3, 0.4) is 0 Å². The van der Waals surface area contributed by atoms with Gasteiger partial charge in [-0.05, 0) is 68.5 Å². The summed E-state index contributed by atoms with van der Waals surface area (Å²) in [5.74, 6) is 1.36. The molecule has 206 valence electrons. The van der Waals surface area contributed by atoms with E-state index in [1.165, 1.54) is 13.3 Å².